The van der Waals surface area contributed by atoms with Crippen molar-refractivity contribution in [2.45, 2.75) is 18.5 Å². The van der Waals surface area contributed by atoms with Gasteiger partial charge < -0.3 is 0 Å². The predicted molar refractivity (Wildman–Crippen MR) is 33.3 cm³/mol. The Morgan fingerprint density at radius 2 is 2.33 bits per heavy atom. The lowest BCUT2D eigenvalue weighted by atomic mass is 10.0. The van der Waals surface area contributed by atoms with Gasteiger partial charge in [0.2, 0.25) is 0 Å². The molecule has 0 aromatic rings. The average Bonchev–Trinajstić information content (AvgIpc) is 1.65. The molecule has 2 radical (unpaired) electrons. The van der Waals surface area contributed by atoms with Crippen LogP contribution in [-0.4, -0.2) is 19.3 Å². The predicted octanol–water partition coefficient (Wildman–Crippen LogP) is 1.25. The summed E-state index contributed by atoms with van der Waals surface area (Å²) < 4.78 is 0. The standard InChI is InChI=1S/C4H9BS/c1-3-4(5)6-2/h4H,3H2,1-2H3. The van der Waals surface area contributed by atoms with Crippen LogP contribution in [0, 0.1) is 0 Å². The molecule has 0 aromatic heterocycles. The summed E-state index contributed by atoms with van der Waals surface area (Å²) in [6.07, 6.45) is 3.09. The molecule has 0 aliphatic carbocycles. The molecular weight excluding hydrogens is 90.9 g/mol. The quantitative estimate of drug-likeness (QED) is 0.470. The molecule has 2 heteroatoms. The summed E-state index contributed by atoms with van der Waals surface area (Å²) in [5.41, 5.74) is 0. The molecule has 34 valence electrons. The van der Waals surface area contributed by atoms with Crippen molar-refractivity contribution in [2.75, 3.05) is 6.26 Å². The SMILES string of the molecule is [B]C(CC)SC. The monoisotopic (exact) mass is 100 g/mol. The Balaban J connectivity index is 2.75. The lowest BCUT2D eigenvalue weighted by molar-refractivity contribution is 1.05. The van der Waals surface area contributed by atoms with Crippen molar-refractivity contribution in [2.24, 2.45) is 0 Å². The molecule has 0 aliphatic rings. The maximum absolute atomic E-state index is 5.44. The van der Waals surface area contributed by atoms with E-state index in [-0.39, 0.29) is 0 Å². The van der Waals surface area contributed by atoms with Crippen LogP contribution in [0.1, 0.15) is 13.3 Å². The minimum Gasteiger partial charge on any atom is -0.172 e. The van der Waals surface area contributed by atoms with Crippen LogP contribution in [0.5, 0.6) is 0 Å². The summed E-state index contributed by atoms with van der Waals surface area (Å²) in [6, 6.07) is 0. The average molecular weight is 100.0 g/mol. The molecule has 6 heavy (non-hydrogen) atoms. The van der Waals surface area contributed by atoms with E-state index >= 15 is 0 Å². The second-order valence-electron chi connectivity index (χ2n) is 1.18. The van der Waals surface area contributed by atoms with Gasteiger partial charge in [0.15, 0.2) is 0 Å². The van der Waals surface area contributed by atoms with E-state index in [1.165, 1.54) is 0 Å². The maximum Gasteiger partial charge on any atom is 0.0846 e. The molecule has 0 saturated heterocycles. The van der Waals surface area contributed by atoms with Gasteiger partial charge in [-0.2, -0.15) is 11.8 Å². The van der Waals surface area contributed by atoms with Crippen LogP contribution < -0.4 is 0 Å². The topological polar surface area (TPSA) is 0 Å². The summed E-state index contributed by atoms with van der Waals surface area (Å²) in [5.74, 6) is 0. The van der Waals surface area contributed by atoms with Crippen molar-refractivity contribution in [1.29, 1.82) is 0 Å². The van der Waals surface area contributed by atoms with Crippen molar-refractivity contribution in [3.63, 3.8) is 0 Å². The first-order valence-corrected chi connectivity index (χ1v) is 3.38. The van der Waals surface area contributed by atoms with Gasteiger partial charge in [-0.15, -0.1) is 0 Å². The van der Waals surface area contributed by atoms with E-state index in [1.54, 1.807) is 11.8 Å². The maximum atomic E-state index is 5.44. The third-order valence-electron chi connectivity index (χ3n) is 0.705. The molecule has 0 aromatic carbocycles. The van der Waals surface area contributed by atoms with Crippen LogP contribution in [0.25, 0.3) is 0 Å². The molecular formula is C4H9BS. The fourth-order valence-electron chi connectivity index (χ4n) is 0.167. The zero-order valence-electron chi connectivity index (χ0n) is 4.27. The van der Waals surface area contributed by atoms with Crippen LogP contribution in [-0.2, 0) is 0 Å². The molecule has 0 bridgehead atoms. The van der Waals surface area contributed by atoms with Gasteiger partial charge >= 0.3 is 0 Å². The van der Waals surface area contributed by atoms with E-state index < -0.39 is 0 Å². The summed E-state index contributed by atoms with van der Waals surface area (Å²) in [5, 5.41) is 0.352. The molecule has 0 heterocycles. The second-order valence-corrected chi connectivity index (χ2v) is 2.26. The van der Waals surface area contributed by atoms with Crippen LogP contribution in [0.2, 0.25) is 0 Å². The van der Waals surface area contributed by atoms with E-state index in [0.717, 1.165) is 6.42 Å². The van der Waals surface area contributed by atoms with Crippen molar-refractivity contribution in [1.82, 2.24) is 0 Å². The van der Waals surface area contributed by atoms with E-state index in [9.17, 15) is 0 Å². The Bertz CT molecular complexity index is 26.7. The third kappa shape index (κ3) is 2.64. The highest BCUT2D eigenvalue weighted by Gasteiger charge is 1.88. The lowest BCUT2D eigenvalue weighted by Gasteiger charge is -1.99. The lowest BCUT2D eigenvalue weighted by Crippen LogP contribution is -1.95. The van der Waals surface area contributed by atoms with Gasteiger partial charge in [-0.05, 0) is 11.4 Å². The Labute approximate surface area is 45.1 Å². The van der Waals surface area contributed by atoms with Gasteiger partial charge in [-0.25, -0.2) is 0 Å². The van der Waals surface area contributed by atoms with Gasteiger partial charge in [-0.1, -0.05) is 13.3 Å². The van der Waals surface area contributed by atoms with Gasteiger partial charge in [0, 0.05) is 0 Å². The minimum atomic E-state index is 0.352. The first kappa shape index (κ1) is 6.41. The van der Waals surface area contributed by atoms with Crippen LogP contribution in [0.15, 0.2) is 0 Å². The van der Waals surface area contributed by atoms with Crippen LogP contribution in [0.4, 0.5) is 0 Å². The van der Waals surface area contributed by atoms with Gasteiger partial charge in [0.05, 0.1) is 7.85 Å². The van der Waals surface area contributed by atoms with E-state index in [0.29, 0.717) is 5.15 Å². The molecule has 0 N–H and O–H groups in total. The summed E-state index contributed by atoms with van der Waals surface area (Å²) in [4.78, 5) is 0. The molecule has 0 nitrogen and oxygen atoms in total. The highest BCUT2D eigenvalue weighted by Crippen LogP contribution is 2.03. The van der Waals surface area contributed by atoms with Gasteiger partial charge in [-0.3, -0.25) is 0 Å². The fourth-order valence-corrected chi connectivity index (χ4v) is 0.500. The number of thioether (sulfide) groups is 1. The first-order valence-electron chi connectivity index (χ1n) is 2.09. The molecule has 0 aliphatic heterocycles. The van der Waals surface area contributed by atoms with Crippen molar-refractivity contribution >= 4 is 19.6 Å². The van der Waals surface area contributed by atoms with Gasteiger partial charge in [0.1, 0.15) is 0 Å². The Morgan fingerprint density at radius 3 is 2.33 bits per heavy atom. The highest BCUT2D eigenvalue weighted by molar-refractivity contribution is 8.00. The third-order valence-corrected chi connectivity index (χ3v) is 1.64. The molecule has 0 fully saturated rings. The molecule has 0 spiro atoms. The van der Waals surface area contributed by atoms with Gasteiger partial charge in [0.25, 0.3) is 0 Å². The normalized spacial score (nSPS) is 14.3. The van der Waals surface area contributed by atoms with E-state index in [4.69, 9.17) is 7.85 Å². The molecule has 0 rings (SSSR count). The zero-order valence-corrected chi connectivity index (χ0v) is 5.09. The Morgan fingerprint density at radius 1 is 1.83 bits per heavy atom. The van der Waals surface area contributed by atoms with E-state index in [2.05, 4.69) is 6.92 Å². The number of hydrogen-bond donors (Lipinski definition) is 0. The summed E-state index contributed by atoms with van der Waals surface area (Å²) in [7, 11) is 5.44. The second kappa shape index (κ2) is 3.60. The molecule has 0 saturated carbocycles. The van der Waals surface area contributed by atoms with Crippen molar-refractivity contribution < 1.29 is 0 Å². The smallest absolute Gasteiger partial charge is 0.0846 e. The molecule has 0 amide bonds. The number of hydrogen-bond acceptors (Lipinski definition) is 1. The summed E-state index contributed by atoms with van der Waals surface area (Å²) in [6.45, 7) is 2.08. The zero-order chi connectivity index (χ0) is 4.99. The van der Waals surface area contributed by atoms with Crippen molar-refractivity contribution in [3.8, 4) is 0 Å². The first-order chi connectivity index (χ1) is 2.81. The Kier molecular flexibility index (Phi) is 3.85. The van der Waals surface area contributed by atoms with E-state index in [1.807, 2.05) is 6.26 Å². The van der Waals surface area contributed by atoms with Crippen LogP contribution in [0.3, 0.4) is 0 Å². The Hall–Kier alpha value is 0.415. The largest absolute Gasteiger partial charge is 0.172 e. The number of rotatable bonds is 2. The van der Waals surface area contributed by atoms with Crippen LogP contribution >= 0.6 is 11.8 Å². The van der Waals surface area contributed by atoms with Crippen molar-refractivity contribution in [3.05, 3.63) is 0 Å². The summed E-state index contributed by atoms with van der Waals surface area (Å²) >= 11 is 1.70. The molecule has 1 unspecified atom stereocenters. The highest BCUT2D eigenvalue weighted by atomic mass is 32.2. The fraction of sp³-hybridized carbons (Fsp3) is 1.00. The molecule has 1 atom stereocenters. The minimum absolute atomic E-state index is 0.352.